The van der Waals surface area contributed by atoms with Gasteiger partial charge in [0, 0.05) is 31.8 Å². The summed E-state index contributed by atoms with van der Waals surface area (Å²) in [5, 5.41) is 4.77. The van der Waals surface area contributed by atoms with Gasteiger partial charge in [0.15, 0.2) is 11.5 Å². The number of hydrogen-bond acceptors (Lipinski definition) is 4. The molecule has 0 bridgehead atoms. The van der Waals surface area contributed by atoms with E-state index in [0.717, 1.165) is 23.2 Å². The summed E-state index contributed by atoms with van der Waals surface area (Å²) in [6.07, 6.45) is 4.07. The largest absolute Gasteiger partial charge is 0.493 e. The smallest absolute Gasteiger partial charge is 0.246 e. The molecule has 1 amide bonds. The van der Waals surface area contributed by atoms with E-state index in [-0.39, 0.29) is 5.91 Å². The van der Waals surface area contributed by atoms with Crippen molar-refractivity contribution in [1.29, 1.82) is 0 Å². The van der Waals surface area contributed by atoms with Gasteiger partial charge in [-0.3, -0.25) is 9.48 Å². The third-order valence-electron chi connectivity index (χ3n) is 4.62. The third-order valence-corrected chi connectivity index (χ3v) is 5.07. The first-order valence-corrected chi connectivity index (χ1v) is 8.72. The van der Waals surface area contributed by atoms with Crippen LogP contribution in [0.5, 0.6) is 11.5 Å². The van der Waals surface area contributed by atoms with Crippen molar-refractivity contribution in [2.75, 3.05) is 20.8 Å². The van der Waals surface area contributed by atoms with Crippen molar-refractivity contribution in [3.8, 4) is 11.5 Å². The van der Waals surface area contributed by atoms with Gasteiger partial charge in [-0.1, -0.05) is 11.6 Å². The van der Waals surface area contributed by atoms with Gasteiger partial charge in [0.05, 0.1) is 19.9 Å². The average molecular weight is 376 g/mol. The molecular weight excluding hydrogens is 354 g/mol. The van der Waals surface area contributed by atoms with Crippen LogP contribution in [0, 0.1) is 6.92 Å². The molecule has 0 radical (unpaired) electrons. The first-order chi connectivity index (χ1) is 12.4. The van der Waals surface area contributed by atoms with Crippen LogP contribution >= 0.6 is 11.6 Å². The molecule has 7 heteroatoms. The second kappa shape index (κ2) is 7.41. The average Bonchev–Trinajstić information content (AvgIpc) is 2.89. The van der Waals surface area contributed by atoms with Gasteiger partial charge in [0.25, 0.3) is 0 Å². The van der Waals surface area contributed by atoms with Crippen LogP contribution in [0.3, 0.4) is 0 Å². The summed E-state index contributed by atoms with van der Waals surface area (Å²) in [7, 11) is 5.01. The van der Waals surface area contributed by atoms with E-state index >= 15 is 0 Å². The van der Waals surface area contributed by atoms with E-state index < -0.39 is 0 Å². The number of carbonyl (C=O) groups excluding carboxylic acids is 1. The predicted octanol–water partition coefficient (Wildman–Crippen LogP) is 3.00. The standard InChI is InChI=1S/C19H22ClN3O3/c1-12-15(19(20)22(2)21-12)5-6-18(24)23-8-7-13-9-16(25-3)17(26-4)10-14(13)11-23/h5-6,9-10H,7-8,11H2,1-4H3/b6-5+. The molecule has 0 N–H and O–H groups in total. The minimum Gasteiger partial charge on any atom is -0.493 e. The molecule has 0 atom stereocenters. The summed E-state index contributed by atoms with van der Waals surface area (Å²) < 4.78 is 12.3. The zero-order chi connectivity index (χ0) is 18.8. The molecule has 2 aromatic rings. The number of amides is 1. The van der Waals surface area contributed by atoms with Gasteiger partial charge in [-0.15, -0.1) is 0 Å². The first-order valence-electron chi connectivity index (χ1n) is 8.34. The molecule has 1 aliphatic heterocycles. The van der Waals surface area contributed by atoms with Crippen molar-refractivity contribution in [3.05, 3.63) is 45.7 Å². The maximum absolute atomic E-state index is 12.6. The highest BCUT2D eigenvalue weighted by atomic mass is 35.5. The van der Waals surface area contributed by atoms with Crippen LogP contribution < -0.4 is 9.47 Å². The van der Waals surface area contributed by atoms with Crippen molar-refractivity contribution in [3.63, 3.8) is 0 Å². The fourth-order valence-corrected chi connectivity index (χ4v) is 3.40. The summed E-state index contributed by atoms with van der Waals surface area (Å²) in [5.74, 6) is 1.34. The zero-order valence-electron chi connectivity index (χ0n) is 15.4. The molecular formula is C19H22ClN3O3. The molecule has 138 valence electrons. The van der Waals surface area contributed by atoms with Gasteiger partial charge < -0.3 is 14.4 Å². The fourth-order valence-electron chi connectivity index (χ4n) is 3.17. The van der Waals surface area contributed by atoms with Gasteiger partial charge in [-0.2, -0.15) is 5.10 Å². The minimum atomic E-state index is -0.0512. The maximum atomic E-state index is 12.6. The van der Waals surface area contributed by atoms with Crippen LogP contribution in [0.2, 0.25) is 5.15 Å². The Labute approximate surface area is 158 Å². The lowest BCUT2D eigenvalue weighted by Gasteiger charge is -2.28. The van der Waals surface area contributed by atoms with Crippen LogP contribution in [0.4, 0.5) is 0 Å². The van der Waals surface area contributed by atoms with Crippen molar-refractivity contribution in [2.45, 2.75) is 19.9 Å². The molecule has 1 aromatic carbocycles. The summed E-state index contributed by atoms with van der Waals surface area (Å²) in [6.45, 7) is 3.07. The molecule has 6 nitrogen and oxygen atoms in total. The summed E-state index contributed by atoms with van der Waals surface area (Å²) in [4.78, 5) is 14.4. The number of rotatable bonds is 4. The number of benzene rings is 1. The number of aryl methyl sites for hydroxylation is 2. The van der Waals surface area contributed by atoms with Crippen molar-refractivity contribution in [2.24, 2.45) is 7.05 Å². The number of aromatic nitrogens is 2. The Bertz CT molecular complexity index is 873. The van der Waals surface area contributed by atoms with Gasteiger partial charge >= 0.3 is 0 Å². The number of ether oxygens (including phenoxy) is 2. The lowest BCUT2D eigenvalue weighted by atomic mass is 9.98. The Morgan fingerprint density at radius 3 is 2.46 bits per heavy atom. The molecule has 0 aliphatic carbocycles. The summed E-state index contributed by atoms with van der Waals surface area (Å²) in [5.41, 5.74) is 3.82. The van der Waals surface area contributed by atoms with Crippen LogP contribution in [0.25, 0.3) is 6.08 Å². The molecule has 0 saturated carbocycles. The molecule has 0 saturated heterocycles. The lowest BCUT2D eigenvalue weighted by Crippen LogP contribution is -2.34. The highest BCUT2D eigenvalue weighted by Gasteiger charge is 2.22. The monoisotopic (exact) mass is 375 g/mol. The maximum Gasteiger partial charge on any atom is 0.246 e. The van der Waals surface area contributed by atoms with Crippen LogP contribution in [-0.4, -0.2) is 41.4 Å². The molecule has 1 aromatic heterocycles. The van der Waals surface area contributed by atoms with E-state index in [0.29, 0.717) is 29.7 Å². The van der Waals surface area contributed by atoms with Crippen LogP contribution in [-0.2, 0) is 24.8 Å². The molecule has 1 aliphatic rings. The van der Waals surface area contributed by atoms with E-state index in [2.05, 4.69) is 5.10 Å². The quantitative estimate of drug-likeness (QED) is 0.771. The molecule has 26 heavy (non-hydrogen) atoms. The summed E-state index contributed by atoms with van der Waals surface area (Å²) >= 11 is 6.21. The fraction of sp³-hybridized carbons (Fsp3) is 0.368. The van der Waals surface area contributed by atoms with Gasteiger partial charge in [-0.05, 0) is 42.7 Å². The second-order valence-electron chi connectivity index (χ2n) is 6.23. The molecule has 0 unspecified atom stereocenters. The van der Waals surface area contributed by atoms with Gasteiger partial charge in [0.1, 0.15) is 5.15 Å². The van der Waals surface area contributed by atoms with Gasteiger partial charge in [0.2, 0.25) is 5.91 Å². The molecule has 0 spiro atoms. The first kappa shape index (κ1) is 18.3. The second-order valence-corrected chi connectivity index (χ2v) is 6.59. The third kappa shape index (κ3) is 3.42. The number of fused-ring (bicyclic) bond motifs is 1. The zero-order valence-corrected chi connectivity index (χ0v) is 16.1. The van der Waals surface area contributed by atoms with Gasteiger partial charge in [-0.25, -0.2) is 0 Å². The van der Waals surface area contributed by atoms with Crippen LogP contribution in [0.1, 0.15) is 22.4 Å². The van der Waals surface area contributed by atoms with E-state index in [4.69, 9.17) is 21.1 Å². The Hall–Kier alpha value is -2.47. The number of carbonyl (C=O) groups is 1. The van der Waals surface area contributed by atoms with E-state index in [1.54, 1.807) is 38.1 Å². The predicted molar refractivity (Wildman–Crippen MR) is 101 cm³/mol. The van der Waals surface area contributed by atoms with Crippen LogP contribution in [0.15, 0.2) is 18.2 Å². The normalized spacial score (nSPS) is 13.8. The SMILES string of the molecule is COc1cc2c(cc1OC)CN(C(=O)/C=C/c1c(C)nn(C)c1Cl)CC2. The topological polar surface area (TPSA) is 56.6 Å². The van der Waals surface area contributed by atoms with Crippen molar-refractivity contribution < 1.29 is 14.3 Å². The Kier molecular flexibility index (Phi) is 5.23. The summed E-state index contributed by atoms with van der Waals surface area (Å²) in [6, 6.07) is 3.93. The highest BCUT2D eigenvalue weighted by molar-refractivity contribution is 6.31. The highest BCUT2D eigenvalue weighted by Crippen LogP contribution is 2.33. The minimum absolute atomic E-state index is 0.0512. The number of hydrogen-bond donors (Lipinski definition) is 0. The Morgan fingerprint density at radius 2 is 1.88 bits per heavy atom. The Balaban J connectivity index is 1.78. The molecule has 0 fully saturated rings. The molecule has 2 heterocycles. The van der Waals surface area contributed by atoms with E-state index in [9.17, 15) is 4.79 Å². The lowest BCUT2D eigenvalue weighted by molar-refractivity contribution is -0.126. The van der Waals surface area contributed by atoms with Crippen molar-refractivity contribution >= 4 is 23.6 Å². The van der Waals surface area contributed by atoms with E-state index in [1.165, 1.54) is 5.56 Å². The van der Waals surface area contributed by atoms with Crippen molar-refractivity contribution in [1.82, 2.24) is 14.7 Å². The number of nitrogens with zero attached hydrogens (tertiary/aromatic N) is 3. The Morgan fingerprint density at radius 1 is 1.23 bits per heavy atom. The van der Waals surface area contributed by atoms with E-state index in [1.807, 2.05) is 24.0 Å². The number of halogens is 1. The molecule has 3 rings (SSSR count). The number of methoxy groups -OCH3 is 2.